The van der Waals surface area contributed by atoms with Crippen molar-refractivity contribution in [3.8, 4) is 0 Å². The van der Waals surface area contributed by atoms with E-state index in [4.69, 9.17) is 10.9 Å². The molecule has 0 aromatic carbocycles. The van der Waals surface area contributed by atoms with Gasteiger partial charge in [0.15, 0.2) is 0 Å². The summed E-state index contributed by atoms with van der Waals surface area (Å²) in [4.78, 5) is 13.1. The molecule has 0 unspecified atom stereocenters. The molecule has 1 aliphatic rings. The maximum absolute atomic E-state index is 11.5. The van der Waals surface area contributed by atoms with Gasteiger partial charge in [-0.1, -0.05) is 5.16 Å². The molecule has 1 aliphatic carbocycles. The molecule has 0 spiro atoms. The Morgan fingerprint density at radius 1 is 1.67 bits per heavy atom. The summed E-state index contributed by atoms with van der Waals surface area (Å²) in [6, 6.07) is 0.245. The van der Waals surface area contributed by atoms with Gasteiger partial charge in [0.1, 0.15) is 5.84 Å². The van der Waals surface area contributed by atoms with Crippen molar-refractivity contribution in [1.82, 2.24) is 10.2 Å². The summed E-state index contributed by atoms with van der Waals surface area (Å²) in [5.41, 5.74) is 5.30. The van der Waals surface area contributed by atoms with E-state index in [1.54, 1.807) is 7.05 Å². The van der Waals surface area contributed by atoms with Crippen molar-refractivity contribution in [2.24, 2.45) is 10.9 Å². The molecule has 1 rings (SSSR count). The molecule has 0 saturated heterocycles. The monoisotopic (exact) mass is 214 g/mol. The summed E-state index contributed by atoms with van der Waals surface area (Å²) in [7, 11) is 1.69. The molecule has 0 aromatic heterocycles. The van der Waals surface area contributed by atoms with E-state index in [-0.39, 0.29) is 11.9 Å². The fourth-order valence-corrected chi connectivity index (χ4v) is 1.27. The number of nitrogens with zero attached hydrogens (tertiary/aromatic N) is 2. The normalized spacial score (nSPS) is 17.0. The van der Waals surface area contributed by atoms with Gasteiger partial charge in [-0.25, -0.2) is 4.79 Å². The smallest absolute Gasteiger partial charge is 0.317 e. The summed E-state index contributed by atoms with van der Waals surface area (Å²) in [5.74, 6) is 0.137. The lowest BCUT2D eigenvalue weighted by molar-refractivity contribution is 0.197. The molecule has 0 heterocycles. The van der Waals surface area contributed by atoms with Gasteiger partial charge in [0, 0.05) is 26.1 Å². The minimum absolute atomic E-state index is 0.0922. The molecule has 86 valence electrons. The van der Waals surface area contributed by atoms with Crippen molar-refractivity contribution < 1.29 is 10.0 Å². The van der Waals surface area contributed by atoms with E-state index in [0.717, 1.165) is 12.8 Å². The Morgan fingerprint density at radius 2 is 2.33 bits per heavy atom. The first-order valence-corrected chi connectivity index (χ1v) is 5.11. The lowest BCUT2D eigenvalue weighted by atomic mass is 9.93. The second kappa shape index (κ2) is 5.43. The van der Waals surface area contributed by atoms with Crippen LogP contribution in [-0.4, -0.2) is 41.6 Å². The third kappa shape index (κ3) is 3.65. The Kier molecular flexibility index (Phi) is 4.20. The number of oxime groups is 1. The van der Waals surface area contributed by atoms with Gasteiger partial charge in [0.25, 0.3) is 0 Å². The van der Waals surface area contributed by atoms with E-state index >= 15 is 0 Å². The van der Waals surface area contributed by atoms with E-state index in [9.17, 15) is 4.79 Å². The zero-order valence-electron chi connectivity index (χ0n) is 8.94. The zero-order valence-corrected chi connectivity index (χ0v) is 8.94. The quantitative estimate of drug-likeness (QED) is 0.272. The zero-order chi connectivity index (χ0) is 11.3. The fraction of sp³-hybridized carbons (Fsp3) is 0.778. The van der Waals surface area contributed by atoms with Crippen molar-refractivity contribution in [2.75, 3.05) is 13.6 Å². The summed E-state index contributed by atoms with van der Waals surface area (Å²) < 4.78 is 0. The molecule has 1 fully saturated rings. The molecule has 4 N–H and O–H groups in total. The van der Waals surface area contributed by atoms with Crippen molar-refractivity contribution in [3.63, 3.8) is 0 Å². The molecule has 2 amide bonds. The van der Waals surface area contributed by atoms with Crippen LogP contribution in [0.25, 0.3) is 0 Å². The Hall–Kier alpha value is -1.46. The average molecular weight is 214 g/mol. The summed E-state index contributed by atoms with van der Waals surface area (Å²) in [5, 5.41) is 14.1. The second-order valence-corrected chi connectivity index (χ2v) is 3.84. The van der Waals surface area contributed by atoms with Gasteiger partial charge >= 0.3 is 6.03 Å². The fourth-order valence-electron chi connectivity index (χ4n) is 1.27. The predicted molar refractivity (Wildman–Crippen MR) is 56.8 cm³/mol. The number of nitrogens with two attached hydrogens (primary N) is 1. The Balaban J connectivity index is 2.20. The van der Waals surface area contributed by atoms with Gasteiger partial charge in [-0.2, -0.15) is 0 Å². The minimum atomic E-state index is -0.0922. The SMILES string of the molecule is CN(CCC(N)=NO)C(=O)NC1CCC1. The van der Waals surface area contributed by atoms with Gasteiger partial charge in [0.2, 0.25) is 0 Å². The first-order chi connectivity index (χ1) is 7.13. The number of hydrogen-bond donors (Lipinski definition) is 3. The maximum atomic E-state index is 11.5. The van der Waals surface area contributed by atoms with E-state index in [1.165, 1.54) is 11.3 Å². The van der Waals surface area contributed by atoms with Crippen LogP contribution < -0.4 is 11.1 Å². The van der Waals surface area contributed by atoms with E-state index in [2.05, 4.69) is 10.5 Å². The molecule has 0 bridgehead atoms. The van der Waals surface area contributed by atoms with Crippen LogP contribution in [0.3, 0.4) is 0 Å². The Morgan fingerprint density at radius 3 is 2.80 bits per heavy atom. The molecule has 0 radical (unpaired) electrons. The first-order valence-electron chi connectivity index (χ1n) is 5.11. The maximum Gasteiger partial charge on any atom is 0.317 e. The first kappa shape index (κ1) is 11.6. The van der Waals surface area contributed by atoms with Crippen LogP contribution in [-0.2, 0) is 0 Å². The van der Waals surface area contributed by atoms with Gasteiger partial charge in [0.05, 0.1) is 0 Å². The van der Waals surface area contributed by atoms with Crippen molar-refractivity contribution in [3.05, 3.63) is 0 Å². The minimum Gasteiger partial charge on any atom is -0.409 e. The molecule has 6 nitrogen and oxygen atoms in total. The number of carbonyl (C=O) groups excluding carboxylic acids is 1. The third-order valence-corrected chi connectivity index (χ3v) is 2.61. The average Bonchev–Trinajstić information content (AvgIpc) is 2.18. The topological polar surface area (TPSA) is 90.9 Å². The van der Waals surface area contributed by atoms with Crippen LogP contribution in [0, 0.1) is 0 Å². The van der Waals surface area contributed by atoms with E-state index < -0.39 is 0 Å². The van der Waals surface area contributed by atoms with Crippen LogP contribution >= 0.6 is 0 Å². The van der Waals surface area contributed by atoms with Crippen molar-refractivity contribution >= 4 is 11.9 Å². The number of hydrogen-bond acceptors (Lipinski definition) is 3. The second-order valence-electron chi connectivity index (χ2n) is 3.84. The van der Waals surface area contributed by atoms with E-state index in [1.807, 2.05) is 0 Å². The van der Waals surface area contributed by atoms with Gasteiger partial charge in [-0.3, -0.25) is 0 Å². The number of urea groups is 1. The van der Waals surface area contributed by atoms with Crippen molar-refractivity contribution in [2.45, 2.75) is 31.7 Å². The molecule has 15 heavy (non-hydrogen) atoms. The van der Waals surface area contributed by atoms with Gasteiger partial charge in [-0.05, 0) is 19.3 Å². The molecule has 6 heteroatoms. The lowest BCUT2D eigenvalue weighted by Crippen LogP contribution is -2.46. The number of nitrogens with one attached hydrogen (secondary N) is 1. The molecular formula is C9H18N4O2. The van der Waals surface area contributed by atoms with Crippen LogP contribution in [0.1, 0.15) is 25.7 Å². The highest BCUT2D eigenvalue weighted by atomic mass is 16.4. The Bertz CT molecular complexity index is 250. The van der Waals surface area contributed by atoms with Crippen LogP contribution in [0.2, 0.25) is 0 Å². The molecule has 0 atom stereocenters. The molecule has 1 saturated carbocycles. The molecule has 0 aromatic rings. The van der Waals surface area contributed by atoms with Crippen LogP contribution in [0.5, 0.6) is 0 Å². The highest BCUT2D eigenvalue weighted by Gasteiger charge is 2.20. The lowest BCUT2D eigenvalue weighted by Gasteiger charge is -2.29. The number of rotatable bonds is 4. The number of amidine groups is 1. The molecule has 0 aliphatic heterocycles. The highest BCUT2D eigenvalue weighted by Crippen LogP contribution is 2.17. The Labute approximate surface area is 89.1 Å². The predicted octanol–water partition coefficient (Wildman–Crippen LogP) is 0.317. The number of carbonyl (C=O) groups is 1. The van der Waals surface area contributed by atoms with Gasteiger partial charge in [-0.15, -0.1) is 0 Å². The van der Waals surface area contributed by atoms with Gasteiger partial charge < -0.3 is 21.2 Å². The molecular weight excluding hydrogens is 196 g/mol. The summed E-state index contributed by atoms with van der Waals surface area (Å²) >= 11 is 0. The number of amides is 2. The highest BCUT2D eigenvalue weighted by molar-refractivity contribution is 5.80. The standard InChI is InChI=1S/C9H18N4O2/c1-13(6-5-8(10)12-15)9(14)11-7-3-2-4-7/h7,15H,2-6H2,1H3,(H2,10,12)(H,11,14). The summed E-state index contributed by atoms with van der Waals surface area (Å²) in [6.45, 7) is 0.453. The summed E-state index contributed by atoms with van der Waals surface area (Å²) in [6.07, 6.45) is 3.71. The third-order valence-electron chi connectivity index (χ3n) is 2.61. The van der Waals surface area contributed by atoms with Crippen LogP contribution in [0.15, 0.2) is 5.16 Å². The van der Waals surface area contributed by atoms with Crippen LogP contribution in [0.4, 0.5) is 4.79 Å². The largest absolute Gasteiger partial charge is 0.409 e. The van der Waals surface area contributed by atoms with E-state index in [0.29, 0.717) is 19.0 Å². The van der Waals surface area contributed by atoms with Crippen molar-refractivity contribution in [1.29, 1.82) is 0 Å².